The van der Waals surface area contributed by atoms with Crippen LogP contribution in [0.3, 0.4) is 0 Å². The molecule has 2 aliphatic rings. The normalized spacial score (nSPS) is 28.8. The van der Waals surface area contributed by atoms with Gasteiger partial charge in [-0.3, -0.25) is 5.32 Å². The summed E-state index contributed by atoms with van der Waals surface area (Å²) >= 11 is 0. The zero-order valence-corrected chi connectivity index (χ0v) is 11.4. The first-order valence-electron chi connectivity index (χ1n) is 6.75. The lowest BCUT2D eigenvalue weighted by Gasteiger charge is -2.43. The molecule has 7 heteroatoms. The van der Waals surface area contributed by atoms with E-state index < -0.39 is 23.4 Å². The van der Waals surface area contributed by atoms with Crippen LogP contribution < -0.4 is 10.6 Å². The van der Waals surface area contributed by atoms with E-state index in [9.17, 15) is 18.0 Å². The van der Waals surface area contributed by atoms with Gasteiger partial charge in [-0.2, -0.15) is 13.2 Å². The van der Waals surface area contributed by atoms with Crippen LogP contribution in [0.15, 0.2) is 18.2 Å². The van der Waals surface area contributed by atoms with Crippen LogP contribution in [0, 0.1) is 0 Å². The van der Waals surface area contributed by atoms with Gasteiger partial charge < -0.3 is 10.1 Å². The van der Waals surface area contributed by atoms with Gasteiger partial charge in [0, 0.05) is 24.4 Å². The second-order valence-electron chi connectivity index (χ2n) is 5.58. The number of benzene rings is 1. The minimum atomic E-state index is -4.42. The lowest BCUT2D eigenvalue weighted by Crippen LogP contribution is -2.50. The van der Waals surface area contributed by atoms with E-state index in [1.54, 1.807) is 0 Å². The topological polar surface area (TPSA) is 50.4 Å². The highest BCUT2D eigenvalue weighted by Gasteiger charge is 2.46. The molecule has 1 amide bonds. The van der Waals surface area contributed by atoms with Crippen molar-refractivity contribution < 1.29 is 22.7 Å². The number of piperidine rings is 1. The van der Waals surface area contributed by atoms with Crippen LogP contribution in [-0.4, -0.2) is 18.7 Å². The highest BCUT2D eigenvalue weighted by Crippen LogP contribution is 2.45. The Labute approximate surface area is 119 Å². The number of carbonyl (C=O) groups excluding carboxylic acids is 1. The second-order valence-corrected chi connectivity index (χ2v) is 5.58. The largest absolute Gasteiger partial charge is 0.438 e. The smallest absolute Gasteiger partial charge is 0.416 e. The van der Waals surface area contributed by atoms with Crippen LogP contribution in [0.2, 0.25) is 0 Å². The molecule has 2 heterocycles. The molecule has 1 saturated heterocycles. The summed E-state index contributed by atoms with van der Waals surface area (Å²) in [5.41, 5.74) is -0.908. The molecule has 114 valence electrons. The van der Waals surface area contributed by atoms with Gasteiger partial charge in [0.05, 0.1) is 11.3 Å². The average Bonchev–Trinajstić information content (AvgIpc) is 2.36. The molecule has 0 aromatic heterocycles. The van der Waals surface area contributed by atoms with E-state index in [0.29, 0.717) is 30.6 Å². The molecule has 1 aromatic carbocycles. The van der Waals surface area contributed by atoms with Gasteiger partial charge in [-0.25, -0.2) is 4.79 Å². The summed E-state index contributed by atoms with van der Waals surface area (Å²) in [4.78, 5) is 11.7. The van der Waals surface area contributed by atoms with E-state index in [0.717, 1.165) is 12.1 Å². The minimum Gasteiger partial charge on any atom is -0.438 e. The van der Waals surface area contributed by atoms with E-state index in [1.807, 2.05) is 6.92 Å². The van der Waals surface area contributed by atoms with Crippen LogP contribution in [0.4, 0.5) is 23.7 Å². The summed E-state index contributed by atoms with van der Waals surface area (Å²) in [7, 11) is 0. The highest BCUT2D eigenvalue weighted by molar-refractivity contribution is 5.89. The molecular formula is C14H15F3N2O2. The molecule has 1 aromatic rings. The molecule has 0 bridgehead atoms. The number of anilines is 1. The quantitative estimate of drug-likeness (QED) is 0.773. The fraction of sp³-hybridized carbons (Fsp3) is 0.500. The summed E-state index contributed by atoms with van der Waals surface area (Å²) in [6.07, 6.45) is -4.12. The highest BCUT2D eigenvalue weighted by atomic mass is 19.4. The first-order chi connectivity index (χ1) is 9.80. The predicted molar refractivity (Wildman–Crippen MR) is 69.9 cm³/mol. The summed E-state index contributed by atoms with van der Waals surface area (Å²) in [5, 5.41) is 5.69. The Balaban J connectivity index is 2.11. The monoisotopic (exact) mass is 300 g/mol. The predicted octanol–water partition coefficient (Wildman–Crippen LogP) is 3.23. The molecular weight excluding hydrogens is 285 g/mol. The summed E-state index contributed by atoms with van der Waals surface area (Å²) < 4.78 is 44.2. The maximum absolute atomic E-state index is 12.9. The van der Waals surface area contributed by atoms with E-state index >= 15 is 0 Å². The summed E-state index contributed by atoms with van der Waals surface area (Å²) in [5.74, 6) is 0. The number of hydrogen-bond donors (Lipinski definition) is 2. The maximum atomic E-state index is 12.9. The number of nitrogens with one attached hydrogen (secondary N) is 2. The number of alkyl halides is 3. The third kappa shape index (κ3) is 2.46. The Kier molecular flexibility index (Phi) is 3.12. The van der Waals surface area contributed by atoms with Gasteiger partial charge in [-0.15, -0.1) is 0 Å². The number of rotatable bonds is 0. The van der Waals surface area contributed by atoms with Crippen molar-refractivity contribution in [3.05, 3.63) is 29.3 Å². The van der Waals surface area contributed by atoms with Crippen molar-refractivity contribution in [3.63, 3.8) is 0 Å². The number of fused-ring (bicyclic) bond motifs is 2. The van der Waals surface area contributed by atoms with Gasteiger partial charge in [0.15, 0.2) is 0 Å². The molecule has 2 N–H and O–H groups in total. The molecule has 2 unspecified atom stereocenters. The van der Waals surface area contributed by atoms with Crippen LogP contribution in [0.5, 0.6) is 0 Å². The van der Waals surface area contributed by atoms with Gasteiger partial charge in [0.25, 0.3) is 0 Å². The number of carbonyl (C=O) groups is 1. The molecule has 3 rings (SSSR count). The first kappa shape index (κ1) is 14.2. The molecule has 0 aliphatic carbocycles. The Morgan fingerprint density at radius 2 is 2.14 bits per heavy atom. The van der Waals surface area contributed by atoms with Gasteiger partial charge in [0.1, 0.15) is 5.60 Å². The SMILES string of the molecule is CC1CC2(CCN1)OC(=O)Nc1ccc(C(F)(F)F)cc12. The fourth-order valence-corrected chi connectivity index (χ4v) is 3.10. The Morgan fingerprint density at radius 3 is 2.81 bits per heavy atom. The van der Waals surface area contributed by atoms with Crippen molar-refractivity contribution in [1.29, 1.82) is 0 Å². The number of ether oxygens (including phenoxy) is 1. The van der Waals surface area contributed by atoms with Crippen LogP contribution >= 0.6 is 0 Å². The third-order valence-electron chi connectivity index (χ3n) is 4.02. The van der Waals surface area contributed by atoms with Crippen molar-refractivity contribution in [2.75, 3.05) is 11.9 Å². The number of amides is 1. The van der Waals surface area contributed by atoms with Gasteiger partial charge in [-0.1, -0.05) is 0 Å². The summed E-state index contributed by atoms with van der Waals surface area (Å²) in [6, 6.07) is 3.43. The van der Waals surface area contributed by atoms with Crippen molar-refractivity contribution in [3.8, 4) is 0 Å². The number of hydrogen-bond acceptors (Lipinski definition) is 3. The summed E-state index contributed by atoms with van der Waals surface area (Å²) in [6.45, 7) is 2.51. The van der Waals surface area contributed by atoms with E-state index in [1.165, 1.54) is 6.07 Å². The molecule has 0 radical (unpaired) electrons. The lowest BCUT2D eigenvalue weighted by molar-refractivity contribution is -0.137. The van der Waals surface area contributed by atoms with Crippen LogP contribution in [0.25, 0.3) is 0 Å². The molecule has 1 spiro atoms. The van der Waals surface area contributed by atoms with E-state index in [2.05, 4.69) is 10.6 Å². The molecule has 1 fully saturated rings. The average molecular weight is 300 g/mol. The van der Waals surface area contributed by atoms with Crippen LogP contribution in [-0.2, 0) is 16.5 Å². The van der Waals surface area contributed by atoms with Crippen LogP contribution in [0.1, 0.15) is 30.9 Å². The lowest BCUT2D eigenvalue weighted by atomic mass is 9.79. The zero-order valence-electron chi connectivity index (χ0n) is 11.4. The third-order valence-corrected chi connectivity index (χ3v) is 4.02. The minimum absolute atomic E-state index is 0.0621. The fourth-order valence-electron chi connectivity index (χ4n) is 3.10. The van der Waals surface area contributed by atoms with Crippen molar-refractivity contribution in [1.82, 2.24) is 5.32 Å². The Bertz CT molecular complexity index is 588. The van der Waals surface area contributed by atoms with E-state index in [4.69, 9.17) is 4.74 Å². The van der Waals surface area contributed by atoms with Gasteiger partial charge in [-0.05, 0) is 31.7 Å². The number of halogens is 3. The van der Waals surface area contributed by atoms with E-state index in [-0.39, 0.29) is 6.04 Å². The molecule has 21 heavy (non-hydrogen) atoms. The van der Waals surface area contributed by atoms with Crippen molar-refractivity contribution in [2.45, 2.75) is 37.6 Å². The zero-order chi connectivity index (χ0) is 15.3. The maximum Gasteiger partial charge on any atom is 0.416 e. The van der Waals surface area contributed by atoms with Gasteiger partial charge >= 0.3 is 12.3 Å². The van der Waals surface area contributed by atoms with Crippen molar-refractivity contribution in [2.24, 2.45) is 0 Å². The first-order valence-corrected chi connectivity index (χ1v) is 6.75. The standard InChI is InChI=1S/C14H15F3N2O2/c1-8-7-13(4-5-18-8)10-6-9(14(15,16)17)2-3-11(10)19-12(20)21-13/h2-3,6,8,18H,4-5,7H2,1H3,(H,19,20). The Hall–Kier alpha value is -1.76. The Morgan fingerprint density at radius 1 is 1.38 bits per heavy atom. The van der Waals surface area contributed by atoms with Gasteiger partial charge in [0.2, 0.25) is 0 Å². The molecule has 2 atom stereocenters. The molecule has 0 saturated carbocycles. The van der Waals surface area contributed by atoms with Crippen molar-refractivity contribution >= 4 is 11.8 Å². The second kappa shape index (κ2) is 4.62. The molecule has 2 aliphatic heterocycles. The molecule has 4 nitrogen and oxygen atoms in total.